The van der Waals surface area contributed by atoms with Gasteiger partial charge in [0.1, 0.15) is 0 Å². The molecule has 67 valence electrons. The van der Waals surface area contributed by atoms with E-state index in [0.717, 1.165) is 0 Å². The van der Waals surface area contributed by atoms with Gasteiger partial charge in [-0.15, -0.1) is 0 Å². The average Bonchev–Trinajstić information content (AvgIpc) is 2.15. The van der Waals surface area contributed by atoms with Gasteiger partial charge in [0.2, 0.25) is 0 Å². The van der Waals surface area contributed by atoms with Crippen molar-refractivity contribution in [1.29, 1.82) is 0 Å². The topological polar surface area (TPSA) is 0 Å². The third kappa shape index (κ3) is 1.56. The molecule has 0 nitrogen and oxygen atoms in total. The highest BCUT2D eigenvalue weighted by Gasteiger charge is 2.31. The van der Waals surface area contributed by atoms with Crippen LogP contribution in [0.5, 0.6) is 0 Å². The van der Waals surface area contributed by atoms with Crippen LogP contribution >= 0.6 is 0 Å². The van der Waals surface area contributed by atoms with E-state index in [0.29, 0.717) is 5.54 Å². The molecule has 0 aromatic rings. The van der Waals surface area contributed by atoms with Crippen LogP contribution < -0.4 is 0 Å². The quantitative estimate of drug-likeness (QED) is 0.537. The average molecular weight is 179 g/mol. The molecule has 0 saturated heterocycles. The minimum Gasteiger partial charge on any atom is -0.0688 e. The Bertz CT molecular complexity index is 251. The highest BCUT2D eigenvalue weighted by atomic mass is 28.3. The molecule has 1 heteroatoms. The van der Waals surface area contributed by atoms with Crippen LogP contribution in [0.15, 0.2) is 16.7 Å². The van der Waals surface area contributed by atoms with Gasteiger partial charge in [0.05, 0.1) is 8.07 Å². The minimum absolute atomic E-state index is 0.664. The van der Waals surface area contributed by atoms with Crippen molar-refractivity contribution >= 4 is 8.07 Å². The van der Waals surface area contributed by atoms with Gasteiger partial charge in [-0.3, -0.25) is 0 Å². The summed E-state index contributed by atoms with van der Waals surface area (Å²) in [6, 6.07) is 0. The van der Waals surface area contributed by atoms with Gasteiger partial charge in [0.15, 0.2) is 0 Å². The molecular weight excluding hydrogens is 160 g/mol. The summed E-state index contributed by atoms with van der Waals surface area (Å²) in [4.78, 5) is 0. The van der Waals surface area contributed by atoms with E-state index in [2.05, 4.69) is 46.5 Å². The lowest BCUT2D eigenvalue weighted by atomic mass is 10.1. The fourth-order valence-electron chi connectivity index (χ4n) is 1.81. The van der Waals surface area contributed by atoms with E-state index in [-0.39, 0.29) is 0 Å². The van der Waals surface area contributed by atoms with E-state index in [1.54, 1.807) is 5.57 Å². The van der Waals surface area contributed by atoms with E-state index < -0.39 is 8.07 Å². The molecule has 1 rings (SSSR count). The maximum absolute atomic E-state index is 3.60. The minimum atomic E-state index is -1.06. The molecule has 0 bridgehead atoms. The fourth-order valence-corrected chi connectivity index (χ4v) is 3.98. The van der Waals surface area contributed by atoms with Gasteiger partial charge in [-0.1, -0.05) is 25.2 Å². The lowest BCUT2D eigenvalue weighted by Gasteiger charge is -2.24. The summed E-state index contributed by atoms with van der Waals surface area (Å²) in [6.45, 7) is 13.9. The van der Waals surface area contributed by atoms with Crippen molar-refractivity contribution in [3.8, 4) is 0 Å². The van der Waals surface area contributed by atoms with Gasteiger partial charge in [0, 0.05) is 5.54 Å². The molecule has 0 aliphatic heterocycles. The molecule has 1 unspecified atom stereocenters. The van der Waals surface area contributed by atoms with E-state index in [9.17, 15) is 0 Å². The first-order valence-corrected chi connectivity index (χ1v) is 8.19. The summed E-state index contributed by atoms with van der Waals surface area (Å²) in [7, 11) is -1.06. The molecule has 0 saturated carbocycles. The van der Waals surface area contributed by atoms with Crippen LogP contribution in [0.3, 0.4) is 0 Å². The van der Waals surface area contributed by atoms with E-state index >= 15 is 0 Å². The van der Waals surface area contributed by atoms with Crippen LogP contribution in [0.2, 0.25) is 25.2 Å². The maximum Gasteiger partial charge on any atom is 0.0569 e. The lowest BCUT2D eigenvalue weighted by Crippen LogP contribution is -2.27. The third-order valence-corrected chi connectivity index (χ3v) is 5.12. The molecule has 0 aromatic heterocycles. The van der Waals surface area contributed by atoms with E-state index in [4.69, 9.17) is 0 Å². The zero-order valence-corrected chi connectivity index (χ0v) is 10.1. The number of rotatable bonds is 1. The Kier molecular flexibility index (Phi) is 2.35. The molecule has 0 spiro atoms. The summed E-state index contributed by atoms with van der Waals surface area (Å²) in [5.74, 6) is 0. The summed E-state index contributed by atoms with van der Waals surface area (Å²) in [6.07, 6.45) is 3.60. The van der Waals surface area contributed by atoms with Crippen molar-refractivity contribution in [2.75, 3.05) is 0 Å². The van der Waals surface area contributed by atoms with Gasteiger partial charge in [-0.05, 0) is 38.0 Å². The summed E-state index contributed by atoms with van der Waals surface area (Å²) < 4.78 is 0. The largest absolute Gasteiger partial charge is 0.0688 e. The van der Waals surface area contributed by atoms with Crippen molar-refractivity contribution in [3.63, 3.8) is 0 Å². The van der Waals surface area contributed by atoms with Crippen LogP contribution in [0.1, 0.15) is 20.8 Å². The fraction of sp³-hybridized carbons (Fsp3) is 0.636. The molecule has 0 heterocycles. The number of allylic oxidation sites excluding steroid dienone is 4. The molecule has 0 aromatic carbocycles. The Morgan fingerprint density at radius 1 is 1.08 bits per heavy atom. The van der Waals surface area contributed by atoms with Crippen molar-refractivity contribution in [2.24, 2.45) is 0 Å². The Balaban J connectivity index is 3.01. The highest BCUT2D eigenvalue weighted by Crippen LogP contribution is 2.39. The smallest absolute Gasteiger partial charge is 0.0569 e. The van der Waals surface area contributed by atoms with E-state index in [1.165, 1.54) is 11.1 Å². The van der Waals surface area contributed by atoms with Gasteiger partial charge in [0.25, 0.3) is 0 Å². The Morgan fingerprint density at radius 3 is 1.75 bits per heavy atom. The first-order chi connectivity index (χ1) is 5.34. The lowest BCUT2D eigenvalue weighted by molar-refractivity contribution is 1.12. The summed E-state index contributed by atoms with van der Waals surface area (Å²) >= 11 is 0. The summed E-state index contributed by atoms with van der Waals surface area (Å²) in [5, 5.41) is 0. The normalized spacial score (nSPS) is 24.8. The van der Waals surface area contributed by atoms with Gasteiger partial charge in [-0.25, -0.2) is 0 Å². The molecular formula is C11H19Si. The Hall–Kier alpha value is -0.303. The van der Waals surface area contributed by atoms with Crippen LogP contribution in [-0.4, -0.2) is 8.07 Å². The second kappa shape index (κ2) is 2.88. The number of hydrogen-bond donors (Lipinski definition) is 0. The molecule has 1 aliphatic carbocycles. The molecule has 12 heavy (non-hydrogen) atoms. The Labute approximate surface area is 77.4 Å². The maximum atomic E-state index is 3.60. The predicted molar refractivity (Wildman–Crippen MR) is 57.9 cm³/mol. The second-order valence-electron chi connectivity index (χ2n) is 4.88. The monoisotopic (exact) mass is 179 g/mol. The molecule has 0 amide bonds. The van der Waals surface area contributed by atoms with Crippen LogP contribution in [-0.2, 0) is 0 Å². The first kappa shape index (κ1) is 9.78. The van der Waals surface area contributed by atoms with Crippen molar-refractivity contribution in [3.05, 3.63) is 22.8 Å². The van der Waals surface area contributed by atoms with Crippen molar-refractivity contribution < 1.29 is 0 Å². The second-order valence-corrected chi connectivity index (χ2v) is 10.2. The Morgan fingerprint density at radius 2 is 1.58 bits per heavy atom. The SMILES string of the molecule is CC1=[C]C([Si](C)(C)C)C(C)=C1C. The zero-order valence-electron chi connectivity index (χ0n) is 9.08. The van der Waals surface area contributed by atoms with Gasteiger partial charge >= 0.3 is 0 Å². The zero-order chi connectivity index (χ0) is 9.52. The molecule has 0 fully saturated rings. The summed E-state index contributed by atoms with van der Waals surface area (Å²) in [5.41, 5.74) is 5.08. The first-order valence-electron chi connectivity index (χ1n) is 4.62. The van der Waals surface area contributed by atoms with Crippen molar-refractivity contribution in [1.82, 2.24) is 0 Å². The molecule has 0 N–H and O–H groups in total. The predicted octanol–water partition coefficient (Wildman–Crippen LogP) is 3.79. The van der Waals surface area contributed by atoms with Crippen LogP contribution in [0.4, 0.5) is 0 Å². The standard InChI is InChI=1S/C11H19Si/c1-8-7-11(12(4,5)6)10(3)9(8)2/h11H,1-6H3. The third-order valence-electron chi connectivity index (χ3n) is 2.81. The van der Waals surface area contributed by atoms with Crippen LogP contribution in [0.25, 0.3) is 0 Å². The highest BCUT2D eigenvalue weighted by molar-refractivity contribution is 6.78. The van der Waals surface area contributed by atoms with Crippen LogP contribution in [0, 0.1) is 6.08 Å². The molecule has 1 atom stereocenters. The molecule has 1 aliphatic rings. The van der Waals surface area contributed by atoms with E-state index in [1.807, 2.05) is 0 Å². The van der Waals surface area contributed by atoms with Gasteiger partial charge in [-0.2, -0.15) is 0 Å². The molecule has 1 radical (unpaired) electrons. The number of hydrogen-bond acceptors (Lipinski definition) is 0. The van der Waals surface area contributed by atoms with Gasteiger partial charge < -0.3 is 0 Å². The van der Waals surface area contributed by atoms with Crippen molar-refractivity contribution in [2.45, 2.75) is 46.0 Å².